The average molecular weight is 183 g/mol. The molecule has 0 aliphatic rings. The molecule has 1 rings (SSSR count). The van der Waals surface area contributed by atoms with Crippen molar-refractivity contribution in [3.05, 3.63) is 23.5 Å². The molecule has 1 aromatic carbocycles. The molecule has 0 bridgehead atoms. The van der Waals surface area contributed by atoms with Crippen molar-refractivity contribution in [3.8, 4) is 0 Å². The van der Waals surface area contributed by atoms with Gasteiger partial charge in [0.15, 0.2) is 0 Å². The van der Waals surface area contributed by atoms with Gasteiger partial charge >= 0.3 is 0 Å². The van der Waals surface area contributed by atoms with E-state index in [-0.39, 0.29) is 11.4 Å². The van der Waals surface area contributed by atoms with Crippen LogP contribution < -0.4 is 11.5 Å². The highest BCUT2D eigenvalue weighted by atomic mass is 19.1. The molecule has 0 spiro atoms. The van der Waals surface area contributed by atoms with Crippen molar-refractivity contribution in [2.75, 3.05) is 11.5 Å². The maximum Gasteiger partial charge on any atom is 0.127 e. The Morgan fingerprint density at radius 2 is 1.62 bits per heavy atom. The third kappa shape index (κ3) is 2.74. The van der Waals surface area contributed by atoms with Crippen LogP contribution in [0.4, 0.5) is 15.8 Å². The largest absolute Gasteiger partial charge is 0.398 e. The number of nitrogen functional groups attached to an aromatic ring is 2. The zero-order valence-corrected chi connectivity index (χ0v) is 7.76. The molecule has 0 amide bonds. The number of nitrogens with two attached hydrogens (primary N) is 2. The quantitative estimate of drug-likeness (QED) is 0.460. The maximum absolute atomic E-state index is 12.5. The van der Waals surface area contributed by atoms with Gasteiger partial charge in [-0.3, -0.25) is 0 Å². The van der Waals surface area contributed by atoms with Gasteiger partial charge in [0.2, 0.25) is 0 Å². The Morgan fingerprint density at radius 1 is 1.23 bits per heavy atom. The van der Waals surface area contributed by atoms with Crippen LogP contribution in [0.15, 0.2) is 12.1 Å². The minimum Gasteiger partial charge on any atom is -0.398 e. The predicted octanol–water partition coefficient (Wildman–Crippen LogP) is 2.01. The second-order valence-corrected chi connectivity index (χ2v) is 2.14. The van der Waals surface area contributed by atoms with Crippen LogP contribution in [0, 0.1) is 11.2 Å². The van der Waals surface area contributed by atoms with Gasteiger partial charge in [-0.1, -0.05) is 13.8 Å². The van der Waals surface area contributed by atoms with Gasteiger partial charge in [-0.15, -0.1) is 0 Å². The molecule has 0 fully saturated rings. The Bertz CT molecular complexity index is 274. The van der Waals surface area contributed by atoms with Crippen molar-refractivity contribution in [2.24, 2.45) is 0 Å². The summed E-state index contributed by atoms with van der Waals surface area (Å²) in [5.74, 6) is -0.481. The number of hydrogen-bond donors (Lipinski definition) is 3. The van der Waals surface area contributed by atoms with Crippen LogP contribution >= 0.6 is 0 Å². The second kappa shape index (κ2) is 5.13. The zero-order valence-electron chi connectivity index (χ0n) is 7.76. The van der Waals surface area contributed by atoms with Crippen LogP contribution in [0.5, 0.6) is 0 Å². The first-order valence-corrected chi connectivity index (χ1v) is 4.00. The van der Waals surface area contributed by atoms with Crippen LogP contribution in [0.1, 0.15) is 19.4 Å². The third-order valence-electron chi connectivity index (χ3n) is 1.35. The summed E-state index contributed by atoms with van der Waals surface area (Å²) in [7, 11) is 0. The predicted molar refractivity (Wildman–Crippen MR) is 54.5 cm³/mol. The first-order valence-electron chi connectivity index (χ1n) is 4.00. The lowest BCUT2D eigenvalue weighted by Gasteiger charge is -2.02. The van der Waals surface area contributed by atoms with E-state index in [1.54, 1.807) is 0 Å². The summed E-state index contributed by atoms with van der Waals surface area (Å²) in [6.45, 7) is 4.00. The number of hydrogen-bond acceptors (Lipinski definition) is 3. The molecule has 0 saturated heterocycles. The first-order chi connectivity index (χ1) is 6.15. The summed E-state index contributed by atoms with van der Waals surface area (Å²) >= 11 is 0. The highest BCUT2D eigenvalue weighted by molar-refractivity contribution is 5.91. The molecule has 0 unspecified atom stereocenters. The molecule has 0 heterocycles. The number of nitrogens with one attached hydrogen (secondary N) is 1. The number of anilines is 2. The van der Waals surface area contributed by atoms with Crippen LogP contribution in [-0.2, 0) is 0 Å². The first kappa shape index (κ1) is 11.4. The van der Waals surface area contributed by atoms with Crippen molar-refractivity contribution in [3.63, 3.8) is 0 Å². The Labute approximate surface area is 77.1 Å². The van der Waals surface area contributed by atoms with E-state index in [9.17, 15) is 4.39 Å². The lowest BCUT2D eigenvalue weighted by atomic mass is 10.1. The van der Waals surface area contributed by atoms with Gasteiger partial charge in [-0.05, 0) is 12.1 Å². The lowest BCUT2D eigenvalue weighted by Crippen LogP contribution is -1.99. The van der Waals surface area contributed by atoms with Crippen molar-refractivity contribution in [1.82, 2.24) is 0 Å². The van der Waals surface area contributed by atoms with E-state index in [2.05, 4.69) is 0 Å². The molecule has 4 heteroatoms. The van der Waals surface area contributed by atoms with Crippen molar-refractivity contribution < 1.29 is 4.39 Å². The minimum atomic E-state index is -0.481. The van der Waals surface area contributed by atoms with Crippen LogP contribution in [0.3, 0.4) is 0 Å². The Kier molecular flexibility index (Phi) is 4.51. The standard InChI is InChI=1S/C7H8FN3.C2H6/c8-4-1-6(10)5(3-9)7(11)2-4;1-2/h1-3,9H,10-11H2;1-2H3. The van der Waals surface area contributed by atoms with Gasteiger partial charge in [0, 0.05) is 23.2 Å². The number of rotatable bonds is 1. The Morgan fingerprint density at radius 3 is 1.92 bits per heavy atom. The highest BCUT2D eigenvalue weighted by Gasteiger charge is 2.02. The van der Waals surface area contributed by atoms with Gasteiger partial charge < -0.3 is 16.9 Å². The van der Waals surface area contributed by atoms with E-state index in [4.69, 9.17) is 16.9 Å². The maximum atomic E-state index is 12.5. The normalized spacial score (nSPS) is 8.54. The molecule has 72 valence electrons. The summed E-state index contributed by atoms with van der Waals surface area (Å²) < 4.78 is 12.5. The van der Waals surface area contributed by atoms with Crippen molar-refractivity contribution in [1.29, 1.82) is 5.41 Å². The summed E-state index contributed by atoms with van der Waals surface area (Å²) in [6.07, 6.45) is 1.00. The Balaban J connectivity index is 0.000000671. The molecule has 0 aromatic heterocycles. The lowest BCUT2D eigenvalue weighted by molar-refractivity contribution is 0.629. The van der Waals surface area contributed by atoms with Crippen LogP contribution in [0.2, 0.25) is 0 Å². The summed E-state index contributed by atoms with van der Waals surface area (Å²) in [6, 6.07) is 2.27. The average Bonchev–Trinajstić information content (AvgIpc) is 2.07. The Hall–Kier alpha value is -1.58. The summed E-state index contributed by atoms with van der Waals surface area (Å²) in [4.78, 5) is 0. The highest BCUT2D eigenvalue weighted by Crippen LogP contribution is 2.18. The molecular formula is C9H14FN3. The molecule has 13 heavy (non-hydrogen) atoms. The summed E-state index contributed by atoms with van der Waals surface area (Å²) in [5.41, 5.74) is 11.5. The van der Waals surface area contributed by atoms with Crippen molar-refractivity contribution in [2.45, 2.75) is 13.8 Å². The van der Waals surface area contributed by atoms with Gasteiger partial charge in [0.05, 0.1) is 0 Å². The monoisotopic (exact) mass is 183 g/mol. The van der Waals surface area contributed by atoms with Crippen molar-refractivity contribution >= 4 is 17.6 Å². The molecule has 0 aliphatic carbocycles. The van der Waals surface area contributed by atoms with E-state index in [0.717, 1.165) is 18.3 Å². The molecule has 0 saturated carbocycles. The topological polar surface area (TPSA) is 75.9 Å². The molecule has 0 radical (unpaired) electrons. The number of halogens is 1. The minimum absolute atomic E-state index is 0.192. The van der Waals surface area contributed by atoms with Gasteiger partial charge in [0.1, 0.15) is 5.82 Å². The van der Waals surface area contributed by atoms with E-state index >= 15 is 0 Å². The molecule has 5 N–H and O–H groups in total. The van der Waals surface area contributed by atoms with Crippen LogP contribution in [0.25, 0.3) is 0 Å². The van der Waals surface area contributed by atoms with Gasteiger partial charge in [-0.2, -0.15) is 0 Å². The SMILES string of the molecule is CC.N=Cc1c(N)cc(F)cc1N. The van der Waals surface area contributed by atoms with Crippen LogP contribution in [-0.4, -0.2) is 6.21 Å². The fourth-order valence-electron chi connectivity index (χ4n) is 0.828. The van der Waals surface area contributed by atoms with E-state index in [1.165, 1.54) is 0 Å². The molecule has 0 atom stereocenters. The molecular weight excluding hydrogens is 169 g/mol. The summed E-state index contributed by atoms with van der Waals surface area (Å²) in [5, 5.41) is 6.89. The van der Waals surface area contributed by atoms with E-state index in [1.807, 2.05) is 13.8 Å². The van der Waals surface area contributed by atoms with Gasteiger partial charge in [0.25, 0.3) is 0 Å². The second-order valence-electron chi connectivity index (χ2n) is 2.14. The molecule has 1 aromatic rings. The molecule has 0 aliphatic heterocycles. The molecule has 3 nitrogen and oxygen atoms in total. The van der Waals surface area contributed by atoms with Gasteiger partial charge in [-0.25, -0.2) is 4.39 Å². The fourth-order valence-corrected chi connectivity index (χ4v) is 0.828. The fraction of sp³-hybridized carbons (Fsp3) is 0.222. The zero-order chi connectivity index (χ0) is 10.4. The number of benzene rings is 1. The smallest absolute Gasteiger partial charge is 0.127 e. The van der Waals surface area contributed by atoms with E-state index in [0.29, 0.717) is 5.56 Å². The third-order valence-corrected chi connectivity index (χ3v) is 1.35. The van der Waals surface area contributed by atoms with E-state index < -0.39 is 5.82 Å².